The summed E-state index contributed by atoms with van der Waals surface area (Å²) in [5.41, 5.74) is 5.40. The number of nitriles is 1. The van der Waals surface area contributed by atoms with Crippen molar-refractivity contribution < 1.29 is 9.53 Å². The number of thiophene rings is 1. The molecule has 5 nitrogen and oxygen atoms in total. The summed E-state index contributed by atoms with van der Waals surface area (Å²) in [4.78, 5) is 18.0. The Labute approximate surface area is 207 Å². The van der Waals surface area contributed by atoms with Gasteiger partial charge >= 0.3 is 0 Å². The maximum Gasteiger partial charge on any atom is 0.238 e. The third-order valence-electron chi connectivity index (χ3n) is 5.69. The lowest BCUT2D eigenvalue weighted by Gasteiger charge is -2.15. The van der Waals surface area contributed by atoms with E-state index in [1.165, 1.54) is 23.1 Å². The average molecular weight is 488 g/mol. The molecule has 1 amide bonds. The number of anilines is 1. The molecule has 1 unspecified atom stereocenters. The number of carbonyl (C=O) groups is 1. The van der Waals surface area contributed by atoms with Crippen LogP contribution in [-0.2, 0) is 4.79 Å². The summed E-state index contributed by atoms with van der Waals surface area (Å²) >= 11 is 2.82. The van der Waals surface area contributed by atoms with Crippen LogP contribution in [0.3, 0.4) is 0 Å². The van der Waals surface area contributed by atoms with Crippen LogP contribution in [-0.4, -0.2) is 23.3 Å². The number of hydrogen-bond donors (Lipinski definition) is 1. The van der Waals surface area contributed by atoms with E-state index < -0.39 is 0 Å². The molecule has 0 spiro atoms. The van der Waals surface area contributed by atoms with Gasteiger partial charge in [0.15, 0.2) is 0 Å². The van der Waals surface area contributed by atoms with Gasteiger partial charge in [-0.25, -0.2) is 4.98 Å². The van der Waals surface area contributed by atoms with Gasteiger partial charge in [-0.15, -0.1) is 11.3 Å². The molecule has 2 heterocycles. The molecule has 0 fully saturated rings. The second kappa shape index (κ2) is 10.3. The second-order valence-corrected chi connectivity index (χ2v) is 10.0. The number of aromatic nitrogens is 1. The number of benzene rings is 2. The van der Waals surface area contributed by atoms with Gasteiger partial charge in [-0.3, -0.25) is 4.79 Å². The number of amides is 1. The van der Waals surface area contributed by atoms with Gasteiger partial charge in [0.25, 0.3) is 0 Å². The molecule has 0 bridgehead atoms. The van der Waals surface area contributed by atoms with Gasteiger partial charge in [0.1, 0.15) is 16.8 Å². The third-order valence-corrected chi connectivity index (χ3v) is 7.87. The lowest BCUT2D eigenvalue weighted by molar-refractivity contribution is -0.115. The van der Waals surface area contributed by atoms with Gasteiger partial charge in [0, 0.05) is 16.3 Å². The van der Waals surface area contributed by atoms with Crippen LogP contribution in [0.4, 0.5) is 5.00 Å². The molecule has 2 aromatic carbocycles. The fourth-order valence-corrected chi connectivity index (χ4v) is 5.73. The van der Waals surface area contributed by atoms with Crippen LogP contribution in [0, 0.1) is 25.2 Å². The van der Waals surface area contributed by atoms with Crippen molar-refractivity contribution >= 4 is 44.9 Å². The van der Waals surface area contributed by atoms with Crippen LogP contribution < -0.4 is 10.1 Å². The van der Waals surface area contributed by atoms with E-state index in [0.717, 1.165) is 43.9 Å². The number of thioether (sulfide) groups is 1. The Kier molecular flexibility index (Phi) is 7.20. The van der Waals surface area contributed by atoms with E-state index in [-0.39, 0.29) is 11.2 Å². The first-order valence-corrected chi connectivity index (χ1v) is 12.7. The zero-order chi connectivity index (χ0) is 24.2. The lowest BCUT2D eigenvalue weighted by Crippen LogP contribution is -2.24. The molecule has 0 aliphatic carbocycles. The number of nitrogens with one attached hydrogen (secondary N) is 1. The van der Waals surface area contributed by atoms with Crippen LogP contribution >= 0.6 is 23.1 Å². The quantitative estimate of drug-likeness (QED) is 0.285. The number of nitrogens with zero attached hydrogens (tertiary/aromatic N) is 2. The van der Waals surface area contributed by atoms with Crippen molar-refractivity contribution in [3.05, 3.63) is 70.6 Å². The summed E-state index contributed by atoms with van der Waals surface area (Å²) < 4.78 is 5.22. The summed E-state index contributed by atoms with van der Waals surface area (Å²) in [6.07, 6.45) is 0.641. The minimum Gasteiger partial charge on any atom is -0.497 e. The van der Waals surface area contributed by atoms with Crippen molar-refractivity contribution in [3.8, 4) is 22.9 Å². The summed E-state index contributed by atoms with van der Waals surface area (Å²) in [7, 11) is 1.62. The number of carbonyl (C=O) groups excluding carboxylic acids is 1. The van der Waals surface area contributed by atoms with Gasteiger partial charge in [0.05, 0.1) is 28.5 Å². The molecule has 4 rings (SSSR count). The monoisotopic (exact) mass is 487 g/mol. The highest BCUT2D eigenvalue weighted by Gasteiger charge is 2.22. The minimum absolute atomic E-state index is 0.128. The third kappa shape index (κ3) is 4.79. The number of aryl methyl sites for hydroxylation is 2. The second-order valence-electron chi connectivity index (χ2n) is 7.95. The summed E-state index contributed by atoms with van der Waals surface area (Å²) in [6, 6.07) is 18.0. The molecule has 1 N–H and O–H groups in total. The Morgan fingerprint density at radius 2 is 1.97 bits per heavy atom. The fourth-order valence-electron chi connectivity index (χ4n) is 3.80. The van der Waals surface area contributed by atoms with Crippen molar-refractivity contribution in [2.45, 2.75) is 37.5 Å². The molecule has 34 heavy (non-hydrogen) atoms. The van der Waals surface area contributed by atoms with Crippen LogP contribution in [0.25, 0.3) is 22.0 Å². The Morgan fingerprint density at radius 1 is 1.21 bits per heavy atom. The summed E-state index contributed by atoms with van der Waals surface area (Å²) in [6.45, 7) is 6.10. The van der Waals surface area contributed by atoms with E-state index in [0.29, 0.717) is 17.0 Å². The van der Waals surface area contributed by atoms with Crippen LogP contribution in [0.2, 0.25) is 0 Å². The number of hydrogen-bond acceptors (Lipinski definition) is 6. The largest absolute Gasteiger partial charge is 0.497 e. The maximum atomic E-state index is 13.2. The van der Waals surface area contributed by atoms with Crippen LogP contribution in [0.5, 0.6) is 5.75 Å². The first-order valence-electron chi connectivity index (χ1n) is 11.0. The van der Waals surface area contributed by atoms with Gasteiger partial charge in [0.2, 0.25) is 5.91 Å². The van der Waals surface area contributed by atoms with Gasteiger partial charge in [-0.2, -0.15) is 5.26 Å². The highest BCUT2D eigenvalue weighted by molar-refractivity contribution is 8.00. The van der Waals surface area contributed by atoms with Crippen molar-refractivity contribution in [1.82, 2.24) is 4.98 Å². The molecule has 0 aliphatic rings. The van der Waals surface area contributed by atoms with E-state index in [2.05, 4.69) is 24.4 Å². The number of ether oxygens (including phenoxy) is 1. The van der Waals surface area contributed by atoms with E-state index in [1.807, 2.05) is 61.7 Å². The standard InChI is InChI=1S/C27H25N3O2S2/c1-5-23(34-24-13-17(3)20-8-6-7-16(2)25(20)29-24)26(31)30-27-21(14-28)22(15-33-27)18-9-11-19(32-4)12-10-18/h6-13,15,23H,5H2,1-4H3,(H,30,31). The van der Waals surface area contributed by atoms with E-state index in [4.69, 9.17) is 9.72 Å². The van der Waals surface area contributed by atoms with Crippen LogP contribution in [0.1, 0.15) is 30.0 Å². The Balaban J connectivity index is 1.56. The maximum absolute atomic E-state index is 13.2. The molecule has 7 heteroatoms. The number of fused-ring (bicyclic) bond motifs is 1. The van der Waals surface area contributed by atoms with Crippen molar-refractivity contribution in [3.63, 3.8) is 0 Å². The van der Waals surface area contributed by atoms with Crippen molar-refractivity contribution in [2.75, 3.05) is 12.4 Å². The van der Waals surface area contributed by atoms with Crippen molar-refractivity contribution in [2.24, 2.45) is 0 Å². The predicted molar refractivity (Wildman–Crippen MR) is 141 cm³/mol. The molecule has 2 aromatic heterocycles. The minimum atomic E-state index is -0.327. The van der Waals surface area contributed by atoms with Gasteiger partial charge < -0.3 is 10.1 Å². The number of para-hydroxylation sites is 1. The zero-order valence-corrected chi connectivity index (χ0v) is 21.1. The highest BCUT2D eigenvalue weighted by atomic mass is 32.2. The number of rotatable bonds is 7. The normalized spacial score (nSPS) is 11.7. The first-order chi connectivity index (χ1) is 16.4. The van der Waals surface area contributed by atoms with Gasteiger partial charge in [-0.1, -0.05) is 49.0 Å². The molecule has 1 atom stereocenters. The summed E-state index contributed by atoms with van der Waals surface area (Å²) in [5, 5.41) is 16.9. The fraction of sp³-hybridized carbons (Fsp3) is 0.222. The lowest BCUT2D eigenvalue weighted by atomic mass is 10.0. The Bertz CT molecular complexity index is 1390. The molecular weight excluding hydrogens is 462 g/mol. The SMILES string of the molecule is CCC(Sc1cc(C)c2cccc(C)c2n1)C(=O)Nc1scc(-c2ccc(OC)cc2)c1C#N. The average Bonchev–Trinajstić information content (AvgIpc) is 3.25. The molecular formula is C27H25N3O2S2. The Morgan fingerprint density at radius 3 is 2.65 bits per heavy atom. The topological polar surface area (TPSA) is 75.0 Å². The molecule has 0 radical (unpaired) electrons. The predicted octanol–water partition coefficient (Wildman–Crippen LogP) is 6.97. The van der Waals surface area contributed by atoms with E-state index >= 15 is 0 Å². The smallest absolute Gasteiger partial charge is 0.238 e. The highest BCUT2D eigenvalue weighted by Crippen LogP contribution is 2.37. The zero-order valence-electron chi connectivity index (χ0n) is 19.5. The number of methoxy groups -OCH3 is 1. The summed E-state index contributed by atoms with van der Waals surface area (Å²) in [5.74, 6) is 0.623. The molecule has 0 saturated heterocycles. The van der Waals surface area contributed by atoms with E-state index in [1.54, 1.807) is 7.11 Å². The molecule has 0 saturated carbocycles. The van der Waals surface area contributed by atoms with Crippen LogP contribution in [0.15, 0.2) is 58.9 Å². The van der Waals surface area contributed by atoms with Gasteiger partial charge in [-0.05, 0) is 55.2 Å². The van der Waals surface area contributed by atoms with E-state index in [9.17, 15) is 10.1 Å². The number of pyridine rings is 1. The Hall–Kier alpha value is -3.34. The molecule has 0 aliphatic heterocycles. The van der Waals surface area contributed by atoms with Crippen molar-refractivity contribution in [1.29, 1.82) is 5.26 Å². The molecule has 172 valence electrons. The first kappa shape index (κ1) is 23.8. The molecule has 4 aromatic rings.